The first kappa shape index (κ1) is 83.1. The van der Waals surface area contributed by atoms with Gasteiger partial charge in [-0.05, 0) is 196 Å². The van der Waals surface area contributed by atoms with Gasteiger partial charge in [-0.15, -0.1) is 0 Å². The highest BCUT2D eigenvalue weighted by Crippen LogP contribution is 2.57. The van der Waals surface area contributed by atoms with Crippen LogP contribution in [0.1, 0.15) is 105 Å². The van der Waals surface area contributed by atoms with Gasteiger partial charge in [-0.1, -0.05) is 428 Å². The maximum absolute atomic E-state index is 2.74. The minimum absolute atomic E-state index is 0.0197. The first-order valence-electron chi connectivity index (χ1n) is 46.6. The first-order valence-corrected chi connectivity index (χ1v) is 47.4. The second-order valence-corrected chi connectivity index (χ2v) is 41.1. The molecular weight excluding hydrogens is 1610 g/mol. The standard InChI is InChI=1S/C124H105B2N5S/c1-121(2,3)88-68-60-84(61-69-88)96-46-25-31-54-106(96)127(92-42-21-15-22-43-92)94-76-113-118-114(77-94)131(120-100(82-38-17-13-18-39-82)50-37-51-101(120)83-40-19-14-20-41-83)112-81-116-105(80-104(112)125(118)102-52-29-35-58-110(102)129(113)108-56-33-27-48-98(108)86-64-72-90(73-65-86)123(7,8)9)126-103-53-30-36-59-111(103)130(109-57-34-28-49-99(109)87-66-74-91(75-67-87)124(10,11)12)115-78-95(79-117(132-116)119(115)126)128(93-44-23-16-24-45-93)107-55-32-26-47-97(107)85-62-70-89(71-63-85)122(4,5)6/h13-81H,1-12H3. The summed E-state index contributed by atoms with van der Waals surface area (Å²) in [7, 11) is 0. The highest BCUT2D eigenvalue weighted by atomic mass is 32.2. The monoisotopic (exact) mass is 1720 g/mol. The fraction of sp³-hybridized carbons (Fsp3) is 0.129. The van der Waals surface area contributed by atoms with Crippen LogP contribution >= 0.6 is 11.8 Å². The third-order valence-corrected chi connectivity index (χ3v) is 28.7. The van der Waals surface area contributed by atoms with E-state index in [4.69, 9.17) is 0 Å². The van der Waals surface area contributed by atoms with Crippen molar-refractivity contribution in [2.24, 2.45) is 0 Å². The van der Waals surface area contributed by atoms with Gasteiger partial charge in [0.25, 0.3) is 6.71 Å². The van der Waals surface area contributed by atoms with E-state index >= 15 is 0 Å². The van der Waals surface area contributed by atoms with Gasteiger partial charge in [0.1, 0.15) is 0 Å². The summed E-state index contributed by atoms with van der Waals surface area (Å²) in [6, 6.07) is 160. The van der Waals surface area contributed by atoms with E-state index in [1.807, 2.05) is 11.8 Å². The molecule has 0 saturated heterocycles. The molecule has 0 aromatic heterocycles. The summed E-state index contributed by atoms with van der Waals surface area (Å²) in [4.78, 5) is 15.5. The summed E-state index contributed by atoms with van der Waals surface area (Å²) in [6.07, 6.45) is 0. The van der Waals surface area contributed by atoms with Crippen LogP contribution in [0.2, 0.25) is 0 Å². The molecule has 0 bridgehead atoms. The average molecular weight is 1720 g/mol. The lowest BCUT2D eigenvalue weighted by molar-refractivity contribution is 0.590. The zero-order valence-electron chi connectivity index (χ0n) is 77.1. The van der Waals surface area contributed by atoms with Crippen molar-refractivity contribution >= 4 is 143 Å². The molecule has 0 spiro atoms. The Hall–Kier alpha value is -14.6. The number of hydrogen-bond acceptors (Lipinski definition) is 6. The molecular formula is C124H105B2N5S. The average Bonchev–Trinajstić information content (AvgIpc) is 0.680. The Morgan fingerprint density at radius 2 is 0.515 bits per heavy atom. The van der Waals surface area contributed by atoms with Gasteiger partial charge in [0.2, 0.25) is 6.71 Å². The molecule has 18 aromatic rings. The molecule has 4 aliphatic heterocycles. The third kappa shape index (κ3) is 14.6. The maximum atomic E-state index is 2.74. The van der Waals surface area contributed by atoms with Crippen LogP contribution in [0, 0.1) is 0 Å². The van der Waals surface area contributed by atoms with Gasteiger partial charge in [-0.3, -0.25) is 0 Å². The normalized spacial score (nSPS) is 13.0. The Kier molecular flexibility index (Phi) is 20.7. The molecule has 0 fully saturated rings. The van der Waals surface area contributed by atoms with Crippen LogP contribution in [0.3, 0.4) is 0 Å². The van der Waals surface area contributed by atoms with Gasteiger partial charge in [0.15, 0.2) is 0 Å². The van der Waals surface area contributed by atoms with Crippen LogP contribution in [-0.2, 0) is 21.7 Å². The fourth-order valence-corrected chi connectivity index (χ4v) is 22.1. The van der Waals surface area contributed by atoms with Crippen LogP contribution in [-0.4, -0.2) is 13.4 Å². The lowest BCUT2D eigenvalue weighted by Crippen LogP contribution is -2.64. The van der Waals surface area contributed by atoms with Crippen molar-refractivity contribution in [3.8, 4) is 66.8 Å². The number of nitrogens with zero attached hydrogens (tertiary/aromatic N) is 5. The molecule has 8 heteroatoms. The molecule has 0 unspecified atom stereocenters. The Balaban J connectivity index is 0.855. The van der Waals surface area contributed by atoms with E-state index in [1.165, 1.54) is 64.8 Å². The smallest absolute Gasteiger partial charge is 0.252 e. The summed E-state index contributed by atoms with van der Waals surface area (Å²) in [5.74, 6) is 0. The predicted molar refractivity (Wildman–Crippen MR) is 567 cm³/mol. The van der Waals surface area contributed by atoms with Gasteiger partial charge in [0, 0.05) is 94.4 Å². The van der Waals surface area contributed by atoms with E-state index in [1.54, 1.807) is 0 Å². The molecule has 132 heavy (non-hydrogen) atoms. The van der Waals surface area contributed by atoms with Crippen molar-refractivity contribution in [1.82, 2.24) is 0 Å². The van der Waals surface area contributed by atoms with Crippen molar-refractivity contribution in [2.75, 3.05) is 24.5 Å². The Labute approximate surface area is 784 Å². The summed E-state index contributed by atoms with van der Waals surface area (Å²) in [5.41, 5.74) is 42.4. The van der Waals surface area contributed by atoms with Crippen LogP contribution in [0.15, 0.2) is 428 Å². The van der Waals surface area contributed by atoms with Crippen molar-refractivity contribution < 1.29 is 0 Å². The lowest BCUT2D eigenvalue weighted by atomic mass is 9.31. The van der Waals surface area contributed by atoms with Crippen molar-refractivity contribution in [2.45, 2.75) is 115 Å². The van der Waals surface area contributed by atoms with Crippen LogP contribution in [0.25, 0.3) is 66.8 Å². The van der Waals surface area contributed by atoms with Crippen molar-refractivity contribution in [3.63, 3.8) is 0 Å². The molecule has 0 atom stereocenters. The molecule has 5 nitrogen and oxygen atoms in total. The van der Waals surface area contributed by atoms with Crippen LogP contribution in [0.4, 0.5) is 85.3 Å². The second-order valence-electron chi connectivity index (χ2n) is 40.0. The summed E-state index contributed by atoms with van der Waals surface area (Å²) in [6.45, 7) is 27.1. The molecule has 4 heterocycles. The number of benzene rings is 18. The largest absolute Gasteiger partial charge is 0.311 e. The topological polar surface area (TPSA) is 16.2 Å². The van der Waals surface area contributed by atoms with Gasteiger partial charge in [0.05, 0.1) is 34.1 Å². The van der Waals surface area contributed by atoms with Crippen molar-refractivity contribution in [1.29, 1.82) is 0 Å². The molecule has 0 saturated carbocycles. The minimum atomic E-state index is -0.307. The van der Waals surface area contributed by atoms with E-state index in [-0.39, 0.29) is 35.1 Å². The summed E-state index contributed by atoms with van der Waals surface area (Å²) >= 11 is 1.92. The van der Waals surface area contributed by atoms with Gasteiger partial charge < -0.3 is 24.5 Å². The highest BCUT2D eigenvalue weighted by Gasteiger charge is 2.49. The maximum Gasteiger partial charge on any atom is 0.252 e. The Morgan fingerprint density at radius 3 is 0.924 bits per heavy atom. The zero-order chi connectivity index (χ0) is 90.1. The molecule has 0 N–H and O–H groups in total. The van der Waals surface area contributed by atoms with E-state index < -0.39 is 0 Å². The van der Waals surface area contributed by atoms with Gasteiger partial charge in [-0.25, -0.2) is 0 Å². The van der Waals surface area contributed by atoms with Crippen molar-refractivity contribution in [3.05, 3.63) is 441 Å². The summed E-state index contributed by atoms with van der Waals surface area (Å²) < 4.78 is 0. The number of fused-ring (bicyclic) bond motifs is 8. The van der Waals surface area contributed by atoms with Crippen LogP contribution < -0.4 is 57.3 Å². The van der Waals surface area contributed by atoms with E-state index in [0.717, 1.165) is 152 Å². The minimum Gasteiger partial charge on any atom is -0.311 e. The quantitative estimate of drug-likeness (QED) is 0.0944. The molecule has 22 rings (SSSR count). The molecule has 0 amide bonds. The number of para-hydroxylation sites is 9. The number of anilines is 15. The van der Waals surface area contributed by atoms with E-state index in [0.29, 0.717) is 0 Å². The summed E-state index contributed by atoms with van der Waals surface area (Å²) in [5, 5.41) is 0. The van der Waals surface area contributed by atoms with Gasteiger partial charge in [-0.2, -0.15) is 0 Å². The Morgan fingerprint density at radius 1 is 0.205 bits per heavy atom. The first-order chi connectivity index (χ1) is 64.1. The predicted octanol–water partition coefficient (Wildman–Crippen LogP) is 30.7. The van der Waals surface area contributed by atoms with Crippen LogP contribution in [0.5, 0.6) is 0 Å². The van der Waals surface area contributed by atoms with Gasteiger partial charge >= 0.3 is 0 Å². The SMILES string of the molecule is CC(C)(C)c1ccc(-c2ccccc2N(c2ccccc2)c2cc3c4c(c2)N(c2ccccc2-c2ccc(C(C)(C)C)cc2)c2ccccc2B4c2cc4c(cc2S3)N(c2c(-c3ccccc3)cccc2-c2ccccc2)c2cc(N(c3ccccc3)c3ccccc3-c3ccc(C(C)(C)C)cc3)cc3c2B4c2ccccc2N3c2ccccc2-c2ccc(C(C)(C)C)cc2)cc1. The highest BCUT2D eigenvalue weighted by molar-refractivity contribution is 8.00. The number of hydrogen-bond donors (Lipinski definition) is 0. The molecule has 18 aromatic carbocycles. The van der Waals surface area contributed by atoms with E-state index in [2.05, 4.69) is 526 Å². The molecule has 0 aliphatic carbocycles. The fourth-order valence-electron chi connectivity index (χ4n) is 20.9. The molecule has 4 aliphatic rings. The lowest BCUT2D eigenvalue weighted by Gasteiger charge is -2.47. The van der Waals surface area contributed by atoms with E-state index in [9.17, 15) is 0 Å². The number of rotatable bonds is 15. The zero-order valence-corrected chi connectivity index (χ0v) is 78.0. The molecule has 638 valence electrons. The molecule has 0 radical (unpaired) electrons. The third-order valence-electron chi connectivity index (χ3n) is 27.5. The second kappa shape index (κ2) is 32.8. The Bertz CT molecular complexity index is 7400.